The zero-order valence-electron chi connectivity index (χ0n) is 15.2. The van der Waals surface area contributed by atoms with Gasteiger partial charge in [0.25, 0.3) is 0 Å². The van der Waals surface area contributed by atoms with Crippen LogP contribution in [-0.2, 0) is 27.4 Å². The standard InChI is InChI=1S/C20H20N2O5/c1-14-7-3-4-8-15(14)11-21(13-19(24)26-2)18(23)12-22-16-9-5-6-10-17(16)27-20(22)25/h3-10H,11-13H2,1-2H3. The van der Waals surface area contributed by atoms with E-state index in [2.05, 4.69) is 0 Å². The summed E-state index contributed by atoms with van der Waals surface area (Å²) in [5.41, 5.74) is 2.86. The number of aromatic nitrogens is 1. The first-order valence-corrected chi connectivity index (χ1v) is 8.47. The number of benzene rings is 2. The minimum absolute atomic E-state index is 0.200. The molecule has 1 aromatic heterocycles. The molecule has 7 heteroatoms. The van der Waals surface area contributed by atoms with Gasteiger partial charge in [-0.2, -0.15) is 0 Å². The second-order valence-corrected chi connectivity index (χ2v) is 6.17. The summed E-state index contributed by atoms with van der Waals surface area (Å²) in [6.45, 7) is 1.75. The monoisotopic (exact) mass is 368 g/mol. The number of carbonyl (C=O) groups excluding carboxylic acids is 2. The van der Waals surface area contributed by atoms with Crippen molar-refractivity contribution in [2.45, 2.75) is 20.0 Å². The molecule has 0 saturated carbocycles. The Balaban J connectivity index is 1.88. The maximum absolute atomic E-state index is 12.9. The molecule has 0 radical (unpaired) electrons. The fourth-order valence-corrected chi connectivity index (χ4v) is 2.84. The predicted octanol–water partition coefficient (Wildman–Crippen LogP) is 2.10. The number of oxazole rings is 1. The van der Waals surface area contributed by atoms with Crippen molar-refractivity contribution >= 4 is 23.0 Å². The van der Waals surface area contributed by atoms with E-state index >= 15 is 0 Å². The molecule has 0 unspecified atom stereocenters. The summed E-state index contributed by atoms with van der Waals surface area (Å²) in [5.74, 6) is -1.52. The minimum Gasteiger partial charge on any atom is -0.468 e. The number of rotatable bonds is 6. The van der Waals surface area contributed by atoms with Crippen molar-refractivity contribution in [3.8, 4) is 0 Å². The van der Waals surface area contributed by atoms with E-state index in [1.807, 2.05) is 31.2 Å². The van der Waals surface area contributed by atoms with Gasteiger partial charge < -0.3 is 14.1 Å². The molecule has 0 aliphatic carbocycles. The Morgan fingerprint density at radius 1 is 1.11 bits per heavy atom. The fourth-order valence-electron chi connectivity index (χ4n) is 2.84. The quantitative estimate of drug-likeness (QED) is 0.623. The highest BCUT2D eigenvalue weighted by atomic mass is 16.5. The topological polar surface area (TPSA) is 81.8 Å². The zero-order chi connectivity index (χ0) is 19.4. The van der Waals surface area contributed by atoms with Gasteiger partial charge in [0.15, 0.2) is 5.58 Å². The third-order valence-corrected chi connectivity index (χ3v) is 4.39. The summed E-state index contributed by atoms with van der Waals surface area (Å²) in [4.78, 5) is 38.2. The largest absolute Gasteiger partial charge is 0.468 e. The first-order valence-electron chi connectivity index (χ1n) is 8.47. The number of carbonyl (C=O) groups is 2. The maximum atomic E-state index is 12.9. The van der Waals surface area contributed by atoms with E-state index in [1.165, 1.54) is 16.6 Å². The summed E-state index contributed by atoms with van der Waals surface area (Å²) in [5, 5.41) is 0. The van der Waals surface area contributed by atoms with E-state index in [9.17, 15) is 14.4 Å². The lowest BCUT2D eigenvalue weighted by Crippen LogP contribution is -2.39. The summed E-state index contributed by atoms with van der Waals surface area (Å²) in [6.07, 6.45) is 0. The molecule has 7 nitrogen and oxygen atoms in total. The summed E-state index contributed by atoms with van der Waals surface area (Å²) in [6, 6.07) is 14.5. The number of nitrogens with zero attached hydrogens (tertiary/aromatic N) is 2. The third kappa shape index (κ3) is 4.08. The van der Waals surface area contributed by atoms with Gasteiger partial charge in [0.2, 0.25) is 5.91 Å². The number of methoxy groups -OCH3 is 1. The van der Waals surface area contributed by atoms with Gasteiger partial charge in [0, 0.05) is 6.54 Å². The Morgan fingerprint density at radius 2 is 1.81 bits per heavy atom. The molecule has 0 aliphatic rings. The highest BCUT2D eigenvalue weighted by Crippen LogP contribution is 2.14. The molecule has 0 aliphatic heterocycles. The van der Waals surface area contributed by atoms with Gasteiger partial charge in [-0.25, -0.2) is 4.79 Å². The first-order chi connectivity index (χ1) is 13.0. The number of amides is 1. The molecule has 0 saturated heterocycles. The van der Waals surface area contributed by atoms with Gasteiger partial charge in [-0.05, 0) is 30.2 Å². The van der Waals surface area contributed by atoms with Crippen LogP contribution in [0, 0.1) is 6.92 Å². The van der Waals surface area contributed by atoms with Crippen LogP contribution in [0.15, 0.2) is 57.7 Å². The van der Waals surface area contributed by atoms with E-state index in [0.29, 0.717) is 11.1 Å². The minimum atomic E-state index is -0.613. The number of aryl methyl sites for hydroxylation is 1. The lowest BCUT2D eigenvalue weighted by molar-refractivity contribution is -0.147. The average molecular weight is 368 g/mol. The molecule has 2 aromatic carbocycles. The summed E-state index contributed by atoms with van der Waals surface area (Å²) < 4.78 is 11.1. The zero-order valence-corrected chi connectivity index (χ0v) is 15.2. The normalized spacial score (nSPS) is 10.7. The molecule has 0 bridgehead atoms. The molecule has 0 fully saturated rings. The second-order valence-electron chi connectivity index (χ2n) is 6.17. The first kappa shape index (κ1) is 18.4. The van der Waals surface area contributed by atoms with E-state index in [1.54, 1.807) is 24.3 Å². The van der Waals surface area contributed by atoms with Gasteiger partial charge in [-0.1, -0.05) is 36.4 Å². The lowest BCUT2D eigenvalue weighted by Gasteiger charge is -2.22. The van der Waals surface area contributed by atoms with Crippen LogP contribution in [0.5, 0.6) is 0 Å². The van der Waals surface area contributed by atoms with E-state index in [0.717, 1.165) is 11.1 Å². The van der Waals surface area contributed by atoms with Crippen molar-refractivity contribution in [2.24, 2.45) is 0 Å². The molecule has 3 aromatic rings. The van der Waals surface area contributed by atoms with Crippen LogP contribution in [0.3, 0.4) is 0 Å². The van der Waals surface area contributed by atoms with Crippen LogP contribution in [0.1, 0.15) is 11.1 Å². The van der Waals surface area contributed by atoms with Crippen molar-refractivity contribution in [1.29, 1.82) is 0 Å². The Kier molecular flexibility index (Phi) is 5.40. The Labute approximate surface area is 155 Å². The van der Waals surface area contributed by atoms with Gasteiger partial charge in [0.1, 0.15) is 13.1 Å². The number of ether oxygens (including phenoxy) is 1. The fraction of sp³-hybridized carbons (Fsp3) is 0.250. The highest BCUT2D eigenvalue weighted by Gasteiger charge is 2.21. The molecule has 0 atom stereocenters. The van der Waals surface area contributed by atoms with Gasteiger partial charge >= 0.3 is 11.7 Å². The second kappa shape index (κ2) is 7.90. The molecule has 1 heterocycles. The Hall–Kier alpha value is -3.35. The van der Waals surface area contributed by atoms with Crippen molar-refractivity contribution in [2.75, 3.05) is 13.7 Å². The van der Waals surface area contributed by atoms with Crippen molar-refractivity contribution in [3.05, 3.63) is 70.2 Å². The maximum Gasteiger partial charge on any atom is 0.420 e. The molecule has 0 spiro atoms. The van der Waals surface area contributed by atoms with E-state index in [4.69, 9.17) is 9.15 Å². The molecule has 140 valence electrons. The highest BCUT2D eigenvalue weighted by molar-refractivity contribution is 5.83. The number of hydrogen-bond donors (Lipinski definition) is 0. The van der Waals surface area contributed by atoms with Crippen molar-refractivity contribution in [3.63, 3.8) is 0 Å². The average Bonchev–Trinajstić information content (AvgIpc) is 2.98. The predicted molar refractivity (Wildman–Crippen MR) is 99.1 cm³/mol. The lowest BCUT2D eigenvalue weighted by atomic mass is 10.1. The van der Waals surface area contributed by atoms with E-state index in [-0.39, 0.29) is 25.5 Å². The van der Waals surface area contributed by atoms with Crippen LogP contribution < -0.4 is 5.76 Å². The number of fused-ring (bicyclic) bond motifs is 1. The van der Waals surface area contributed by atoms with Gasteiger partial charge in [-0.3, -0.25) is 14.2 Å². The molecular formula is C20H20N2O5. The smallest absolute Gasteiger partial charge is 0.420 e. The third-order valence-electron chi connectivity index (χ3n) is 4.39. The molecule has 3 rings (SSSR count). The molecule has 27 heavy (non-hydrogen) atoms. The molecular weight excluding hydrogens is 348 g/mol. The van der Waals surface area contributed by atoms with Crippen LogP contribution >= 0.6 is 0 Å². The van der Waals surface area contributed by atoms with Gasteiger partial charge in [0.05, 0.1) is 12.6 Å². The van der Waals surface area contributed by atoms with Crippen LogP contribution in [0.4, 0.5) is 0 Å². The van der Waals surface area contributed by atoms with Crippen molar-refractivity contribution < 1.29 is 18.7 Å². The Morgan fingerprint density at radius 3 is 2.56 bits per heavy atom. The van der Waals surface area contributed by atoms with Gasteiger partial charge in [-0.15, -0.1) is 0 Å². The number of hydrogen-bond acceptors (Lipinski definition) is 5. The SMILES string of the molecule is COC(=O)CN(Cc1ccccc1C)C(=O)Cn1c(=O)oc2ccccc21. The summed E-state index contributed by atoms with van der Waals surface area (Å²) >= 11 is 0. The number of esters is 1. The van der Waals surface area contributed by atoms with Crippen LogP contribution in [0.2, 0.25) is 0 Å². The van der Waals surface area contributed by atoms with Crippen molar-refractivity contribution in [1.82, 2.24) is 9.47 Å². The van der Waals surface area contributed by atoms with Crippen LogP contribution in [-0.4, -0.2) is 35.0 Å². The molecule has 1 amide bonds. The molecule has 0 N–H and O–H groups in total. The van der Waals surface area contributed by atoms with E-state index < -0.39 is 11.7 Å². The number of para-hydroxylation sites is 2. The Bertz CT molecular complexity index is 1030. The summed E-state index contributed by atoms with van der Waals surface area (Å²) in [7, 11) is 1.27. The van der Waals surface area contributed by atoms with Crippen LogP contribution in [0.25, 0.3) is 11.1 Å².